The monoisotopic (exact) mass is 287 g/mol. The van der Waals surface area contributed by atoms with E-state index in [2.05, 4.69) is 5.32 Å². The molecule has 1 heterocycles. The zero-order chi connectivity index (χ0) is 15.4. The van der Waals surface area contributed by atoms with Crippen LogP contribution < -0.4 is 10.1 Å². The number of hydrogen-bond acceptors (Lipinski definition) is 3. The lowest BCUT2D eigenvalue weighted by Crippen LogP contribution is -2.37. The van der Waals surface area contributed by atoms with Crippen LogP contribution in [0.2, 0.25) is 0 Å². The molecule has 0 saturated carbocycles. The molecule has 0 aliphatic heterocycles. The van der Waals surface area contributed by atoms with Crippen LogP contribution >= 0.6 is 0 Å². The molecule has 1 amide bonds. The van der Waals surface area contributed by atoms with Crippen molar-refractivity contribution in [2.75, 3.05) is 0 Å². The van der Waals surface area contributed by atoms with Crippen LogP contribution in [-0.4, -0.2) is 12.0 Å². The van der Waals surface area contributed by atoms with Crippen molar-refractivity contribution in [1.82, 2.24) is 5.32 Å². The number of furan rings is 1. The highest BCUT2D eigenvalue weighted by Gasteiger charge is 2.19. The summed E-state index contributed by atoms with van der Waals surface area (Å²) in [7, 11) is 0. The van der Waals surface area contributed by atoms with Crippen molar-refractivity contribution < 1.29 is 13.9 Å². The van der Waals surface area contributed by atoms with Crippen molar-refractivity contribution in [3.05, 3.63) is 53.5 Å². The maximum absolute atomic E-state index is 12.1. The molecule has 21 heavy (non-hydrogen) atoms. The Kier molecular flexibility index (Phi) is 4.68. The van der Waals surface area contributed by atoms with Gasteiger partial charge in [0.2, 0.25) is 0 Å². The van der Waals surface area contributed by atoms with Crippen molar-refractivity contribution in [2.24, 2.45) is 0 Å². The molecule has 1 aromatic carbocycles. The normalized spacial score (nSPS) is 13.5. The molecule has 0 bridgehead atoms. The topological polar surface area (TPSA) is 51.5 Å². The molecule has 0 fully saturated rings. The average Bonchev–Trinajstić information content (AvgIpc) is 2.88. The summed E-state index contributed by atoms with van der Waals surface area (Å²) in [6, 6.07) is 11.2. The van der Waals surface area contributed by atoms with Gasteiger partial charge in [-0.2, -0.15) is 0 Å². The van der Waals surface area contributed by atoms with E-state index in [4.69, 9.17) is 9.15 Å². The molecule has 2 unspecified atom stereocenters. The molecular weight excluding hydrogens is 266 g/mol. The molecule has 2 aromatic rings. The molecule has 1 N–H and O–H groups in total. The van der Waals surface area contributed by atoms with Crippen LogP contribution in [-0.2, 0) is 4.79 Å². The predicted molar refractivity (Wildman–Crippen MR) is 81.3 cm³/mol. The fourth-order valence-corrected chi connectivity index (χ4v) is 1.96. The Morgan fingerprint density at radius 3 is 2.33 bits per heavy atom. The Hall–Kier alpha value is -2.23. The SMILES string of the molecule is Cc1ccc(OC(C)C(=O)NC(C)c2ccc(C)o2)cc1. The minimum Gasteiger partial charge on any atom is -0.481 e. The van der Waals surface area contributed by atoms with E-state index >= 15 is 0 Å². The van der Waals surface area contributed by atoms with Gasteiger partial charge in [0.25, 0.3) is 5.91 Å². The van der Waals surface area contributed by atoms with Crippen molar-refractivity contribution in [3.8, 4) is 5.75 Å². The summed E-state index contributed by atoms with van der Waals surface area (Å²) in [6.45, 7) is 7.50. The lowest BCUT2D eigenvalue weighted by molar-refractivity contribution is -0.128. The first-order valence-corrected chi connectivity index (χ1v) is 7.05. The molecule has 0 saturated heterocycles. The number of amides is 1. The van der Waals surface area contributed by atoms with Gasteiger partial charge in [-0.25, -0.2) is 0 Å². The summed E-state index contributed by atoms with van der Waals surface area (Å²) in [6.07, 6.45) is -0.564. The first kappa shape index (κ1) is 15.2. The van der Waals surface area contributed by atoms with Gasteiger partial charge in [-0.05, 0) is 52.0 Å². The Bertz CT molecular complexity index is 601. The number of aryl methyl sites for hydroxylation is 2. The number of hydrogen-bond donors (Lipinski definition) is 1. The van der Waals surface area contributed by atoms with Crippen molar-refractivity contribution >= 4 is 5.91 Å². The zero-order valence-electron chi connectivity index (χ0n) is 12.8. The van der Waals surface area contributed by atoms with E-state index in [1.807, 2.05) is 57.2 Å². The highest BCUT2D eigenvalue weighted by Crippen LogP contribution is 2.17. The third-order valence-electron chi connectivity index (χ3n) is 3.25. The smallest absolute Gasteiger partial charge is 0.261 e. The average molecular weight is 287 g/mol. The van der Waals surface area contributed by atoms with E-state index in [0.717, 1.165) is 17.1 Å². The molecule has 0 radical (unpaired) electrons. The standard InChI is InChI=1S/C17H21NO3/c1-11-5-8-15(9-6-11)21-14(4)17(19)18-13(3)16-10-7-12(2)20-16/h5-10,13-14H,1-4H3,(H,18,19). The van der Waals surface area contributed by atoms with Crippen molar-refractivity contribution in [3.63, 3.8) is 0 Å². The summed E-state index contributed by atoms with van der Waals surface area (Å²) in [5.74, 6) is 2.08. The molecule has 4 nitrogen and oxygen atoms in total. The van der Waals surface area contributed by atoms with E-state index in [1.165, 1.54) is 0 Å². The summed E-state index contributed by atoms with van der Waals surface area (Å²) in [5.41, 5.74) is 1.15. The van der Waals surface area contributed by atoms with Crippen LogP contribution in [0.4, 0.5) is 0 Å². The number of nitrogens with one attached hydrogen (secondary N) is 1. The van der Waals surface area contributed by atoms with Crippen LogP contribution in [0.5, 0.6) is 5.75 Å². The Labute approximate surface area is 125 Å². The van der Waals surface area contributed by atoms with Gasteiger partial charge in [0.15, 0.2) is 6.10 Å². The van der Waals surface area contributed by atoms with Gasteiger partial charge in [0.05, 0.1) is 6.04 Å². The minimum atomic E-state index is -0.564. The zero-order valence-corrected chi connectivity index (χ0v) is 12.8. The van der Waals surface area contributed by atoms with E-state index < -0.39 is 6.10 Å². The van der Waals surface area contributed by atoms with Gasteiger partial charge in [-0.15, -0.1) is 0 Å². The number of carbonyl (C=O) groups is 1. The summed E-state index contributed by atoms with van der Waals surface area (Å²) in [5, 5.41) is 2.88. The Balaban J connectivity index is 1.91. The lowest BCUT2D eigenvalue weighted by Gasteiger charge is -2.17. The molecule has 0 aliphatic carbocycles. The second-order valence-corrected chi connectivity index (χ2v) is 5.25. The third kappa shape index (κ3) is 4.12. The molecule has 4 heteroatoms. The van der Waals surface area contributed by atoms with E-state index in [0.29, 0.717) is 5.75 Å². The van der Waals surface area contributed by atoms with Gasteiger partial charge in [-0.1, -0.05) is 17.7 Å². The highest BCUT2D eigenvalue weighted by atomic mass is 16.5. The second-order valence-electron chi connectivity index (χ2n) is 5.25. The summed E-state index contributed by atoms with van der Waals surface area (Å²) >= 11 is 0. The third-order valence-corrected chi connectivity index (χ3v) is 3.25. The Morgan fingerprint density at radius 1 is 1.10 bits per heavy atom. The molecule has 1 aromatic heterocycles. The van der Waals surface area contributed by atoms with E-state index in [9.17, 15) is 4.79 Å². The molecule has 2 rings (SSSR count). The number of carbonyl (C=O) groups excluding carboxylic acids is 1. The summed E-state index contributed by atoms with van der Waals surface area (Å²) < 4.78 is 11.1. The van der Waals surface area contributed by atoms with Gasteiger partial charge >= 0.3 is 0 Å². The van der Waals surface area contributed by atoms with Gasteiger partial charge in [-0.3, -0.25) is 4.79 Å². The lowest BCUT2D eigenvalue weighted by atomic mass is 10.2. The van der Waals surface area contributed by atoms with E-state index in [1.54, 1.807) is 6.92 Å². The fraction of sp³-hybridized carbons (Fsp3) is 0.353. The highest BCUT2D eigenvalue weighted by molar-refractivity contribution is 5.81. The number of ether oxygens (including phenoxy) is 1. The largest absolute Gasteiger partial charge is 0.481 e. The van der Waals surface area contributed by atoms with Crippen LogP contribution in [0.25, 0.3) is 0 Å². The van der Waals surface area contributed by atoms with Crippen molar-refractivity contribution in [1.29, 1.82) is 0 Å². The van der Waals surface area contributed by atoms with Crippen LogP contribution in [0.3, 0.4) is 0 Å². The predicted octanol–water partition coefficient (Wildman–Crippen LogP) is 3.54. The van der Waals surface area contributed by atoms with Crippen molar-refractivity contribution in [2.45, 2.75) is 39.8 Å². The van der Waals surface area contributed by atoms with Crippen LogP contribution in [0, 0.1) is 13.8 Å². The number of benzene rings is 1. The summed E-state index contributed by atoms with van der Waals surface area (Å²) in [4.78, 5) is 12.1. The molecule has 0 spiro atoms. The first-order chi connectivity index (χ1) is 9.95. The number of rotatable bonds is 5. The molecule has 0 aliphatic rings. The second kappa shape index (κ2) is 6.48. The van der Waals surface area contributed by atoms with E-state index in [-0.39, 0.29) is 11.9 Å². The van der Waals surface area contributed by atoms with Gasteiger partial charge < -0.3 is 14.5 Å². The van der Waals surface area contributed by atoms with Gasteiger partial charge in [0, 0.05) is 0 Å². The van der Waals surface area contributed by atoms with Crippen LogP contribution in [0.1, 0.15) is 37.0 Å². The molecule has 112 valence electrons. The first-order valence-electron chi connectivity index (χ1n) is 7.05. The minimum absolute atomic E-state index is 0.169. The maximum atomic E-state index is 12.1. The van der Waals surface area contributed by atoms with Gasteiger partial charge in [0.1, 0.15) is 17.3 Å². The quantitative estimate of drug-likeness (QED) is 0.915. The Morgan fingerprint density at radius 2 is 1.76 bits per heavy atom. The molecular formula is C17H21NO3. The van der Waals surface area contributed by atoms with Crippen LogP contribution in [0.15, 0.2) is 40.8 Å². The fourth-order valence-electron chi connectivity index (χ4n) is 1.96. The maximum Gasteiger partial charge on any atom is 0.261 e. The molecule has 2 atom stereocenters.